The lowest BCUT2D eigenvalue weighted by Gasteiger charge is -2.32. The summed E-state index contributed by atoms with van der Waals surface area (Å²) in [6.45, 7) is 2.92. The van der Waals surface area contributed by atoms with Crippen LogP contribution in [0.1, 0.15) is 55.9 Å². The molecule has 0 aromatic carbocycles. The predicted molar refractivity (Wildman–Crippen MR) is 105 cm³/mol. The summed E-state index contributed by atoms with van der Waals surface area (Å²) in [6, 6.07) is 0.682. The van der Waals surface area contributed by atoms with E-state index in [9.17, 15) is 0 Å². The standard InChI is InChI=1S/C20H29N3O2S/c1-4-5-15-10-16-17(11-24-15)26-20-18(16)19(21-12-22-20)25-14-8-6-13(7-9-14)23(2)3/h12-15H,4-11H2,1-3H3. The molecule has 1 atom stereocenters. The first-order chi connectivity index (χ1) is 12.7. The van der Waals surface area contributed by atoms with Crippen LogP contribution in [0.25, 0.3) is 10.2 Å². The zero-order chi connectivity index (χ0) is 18.1. The van der Waals surface area contributed by atoms with Crippen molar-refractivity contribution in [1.82, 2.24) is 14.9 Å². The summed E-state index contributed by atoms with van der Waals surface area (Å²) in [6.07, 6.45) is 10.0. The minimum Gasteiger partial charge on any atom is -0.474 e. The van der Waals surface area contributed by atoms with Gasteiger partial charge in [0.1, 0.15) is 17.3 Å². The summed E-state index contributed by atoms with van der Waals surface area (Å²) in [4.78, 5) is 13.7. The minimum atomic E-state index is 0.270. The van der Waals surface area contributed by atoms with Gasteiger partial charge in [-0.2, -0.15) is 0 Å². The van der Waals surface area contributed by atoms with Crippen molar-refractivity contribution in [3.8, 4) is 5.88 Å². The Balaban J connectivity index is 1.56. The Labute approximate surface area is 159 Å². The van der Waals surface area contributed by atoms with E-state index in [1.165, 1.54) is 23.3 Å². The van der Waals surface area contributed by atoms with E-state index in [0.29, 0.717) is 18.8 Å². The third-order valence-corrected chi connectivity index (χ3v) is 6.89. The maximum Gasteiger partial charge on any atom is 0.225 e. The van der Waals surface area contributed by atoms with Crippen molar-refractivity contribution < 1.29 is 9.47 Å². The number of hydrogen-bond donors (Lipinski definition) is 0. The van der Waals surface area contributed by atoms with Gasteiger partial charge in [0, 0.05) is 17.3 Å². The highest BCUT2D eigenvalue weighted by Gasteiger charge is 2.28. The lowest BCUT2D eigenvalue weighted by atomic mass is 9.92. The van der Waals surface area contributed by atoms with Gasteiger partial charge in [-0.15, -0.1) is 11.3 Å². The van der Waals surface area contributed by atoms with Crippen LogP contribution in [0.15, 0.2) is 6.33 Å². The molecule has 3 heterocycles. The molecule has 142 valence electrons. The summed E-state index contributed by atoms with van der Waals surface area (Å²) in [7, 11) is 4.35. The number of thiophene rings is 1. The highest BCUT2D eigenvalue weighted by atomic mass is 32.1. The molecule has 0 bridgehead atoms. The maximum absolute atomic E-state index is 6.41. The van der Waals surface area contributed by atoms with Gasteiger partial charge in [-0.3, -0.25) is 0 Å². The van der Waals surface area contributed by atoms with Crippen LogP contribution in [0.2, 0.25) is 0 Å². The normalized spacial score (nSPS) is 26.2. The largest absolute Gasteiger partial charge is 0.474 e. The molecule has 0 N–H and O–H groups in total. The van der Waals surface area contributed by atoms with Gasteiger partial charge in [-0.1, -0.05) is 13.3 Å². The molecule has 1 aliphatic heterocycles. The molecule has 1 unspecified atom stereocenters. The zero-order valence-corrected chi connectivity index (χ0v) is 16.8. The Morgan fingerprint density at radius 3 is 2.77 bits per heavy atom. The molecule has 5 nitrogen and oxygen atoms in total. The molecule has 2 aliphatic rings. The molecule has 26 heavy (non-hydrogen) atoms. The SMILES string of the molecule is CCCC1Cc2c(sc3ncnc(OC4CCC(N(C)C)CC4)c23)CO1. The average molecular weight is 376 g/mol. The van der Waals surface area contributed by atoms with Crippen molar-refractivity contribution in [3.05, 3.63) is 16.8 Å². The summed E-state index contributed by atoms with van der Waals surface area (Å²) in [5.74, 6) is 0.790. The van der Waals surface area contributed by atoms with Gasteiger partial charge in [-0.05, 0) is 51.8 Å². The first kappa shape index (κ1) is 18.1. The van der Waals surface area contributed by atoms with Gasteiger partial charge in [0.05, 0.1) is 18.1 Å². The number of fused-ring (bicyclic) bond motifs is 3. The van der Waals surface area contributed by atoms with Crippen molar-refractivity contribution >= 4 is 21.6 Å². The van der Waals surface area contributed by atoms with Crippen LogP contribution in [0.4, 0.5) is 0 Å². The number of aromatic nitrogens is 2. The third-order valence-electron chi connectivity index (χ3n) is 5.78. The van der Waals surface area contributed by atoms with E-state index < -0.39 is 0 Å². The first-order valence-corrected chi connectivity index (χ1v) is 10.7. The second-order valence-electron chi connectivity index (χ2n) is 7.80. The third kappa shape index (κ3) is 3.59. The molecule has 4 rings (SSSR count). The quantitative estimate of drug-likeness (QED) is 0.784. The molecule has 1 saturated carbocycles. The van der Waals surface area contributed by atoms with Crippen LogP contribution in [0, 0.1) is 0 Å². The van der Waals surface area contributed by atoms with Crippen LogP contribution in [0.5, 0.6) is 5.88 Å². The van der Waals surface area contributed by atoms with Crippen molar-refractivity contribution in [2.24, 2.45) is 0 Å². The van der Waals surface area contributed by atoms with Crippen molar-refractivity contribution in [2.45, 2.75) is 76.7 Å². The summed E-state index contributed by atoms with van der Waals surface area (Å²) >= 11 is 1.74. The van der Waals surface area contributed by atoms with E-state index in [2.05, 4.69) is 35.9 Å². The molecular formula is C20H29N3O2S. The van der Waals surface area contributed by atoms with E-state index in [4.69, 9.17) is 9.47 Å². The van der Waals surface area contributed by atoms with Crippen molar-refractivity contribution in [1.29, 1.82) is 0 Å². The molecule has 0 amide bonds. The summed E-state index contributed by atoms with van der Waals surface area (Å²) in [5, 5.41) is 1.15. The molecule has 1 fully saturated rings. The van der Waals surface area contributed by atoms with Crippen LogP contribution in [-0.2, 0) is 17.8 Å². The van der Waals surface area contributed by atoms with Crippen LogP contribution in [-0.4, -0.2) is 47.2 Å². The highest BCUT2D eigenvalue weighted by molar-refractivity contribution is 7.18. The first-order valence-electron chi connectivity index (χ1n) is 9.85. The van der Waals surface area contributed by atoms with Crippen LogP contribution >= 0.6 is 11.3 Å². The number of hydrogen-bond acceptors (Lipinski definition) is 6. The van der Waals surface area contributed by atoms with Gasteiger partial charge < -0.3 is 14.4 Å². The van der Waals surface area contributed by atoms with Gasteiger partial charge in [-0.25, -0.2) is 9.97 Å². The second-order valence-corrected chi connectivity index (χ2v) is 8.88. The Morgan fingerprint density at radius 1 is 1.23 bits per heavy atom. The van der Waals surface area contributed by atoms with Gasteiger partial charge in [0.15, 0.2) is 0 Å². The Kier molecular flexibility index (Phi) is 5.43. The molecule has 1 aliphatic carbocycles. The van der Waals surface area contributed by atoms with E-state index >= 15 is 0 Å². The van der Waals surface area contributed by atoms with E-state index in [1.807, 2.05) is 0 Å². The number of ether oxygens (including phenoxy) is 2. The predicted octanol–water partition coefficient (Wildman–Crippen LogP) is 4.18. The molecule has 0 radical (unpaired) electrons. The van der Waals surface area contributed by atoms with E-state index in [-0.39, 0.29) is 6.10 Å². The Morgan fingerprint density at radius 2 is 2.04 bits per heavy atom. The monoisotopic (exact) mass is 375 g/mol. The van der Waals surface area contributed by atoms with Crippen molar-refractivity contribution in [3.63, 3.8) is 0 Å². The molecule has 2 aromatic rings. The smallest absolute Gasteiger partial charge is 0.225 e. The van der Waals surface area contributed by atoms with E-state index in [0.717, 1.165) is 48.2 Å². The van der Waals surface area contributed by atoms with Crippen molar-refractivity contribution in [2.75, 3.05) is 14.1 Å². The fourth-order valence-corrected chi connectivity index (χ4v) is 5.34. The topological polar surface area (TPSA) is 47.5 Å². The second kappa shape index (κ2) is 7.79. The summed E-state index contributed by atoms with van der Waals surface area (Å²) < 4.78 is 12.4. The maximum atomic E-state index is 6.41. The summed E-state index contributed by atoms with van der Waals surface area (Å²) in [5.41, 5.74) is 1.37. The Bertz CT molecular complexity index is 753. The van der Waals surface area contributed by atoms with Gasteiger partial charge in [0.25, 0.3) is 0 Å². The van der Waals surface area contributed by atoms with E-state index in [1.54, 1.807) is 17.7 Å². The lowest BCUT2D eigenvalue weighted by molar-refractivity contribution is 0.0253. The zero-order valence-electron chi connectivity index (χ0n) is 16.0. The Hall–Kier alpha value is -1.24. The molecule has 6 heteroatoms. The minimum absolute atomic E-state index is 0.270. The van der Waals surface area contributed by atoms with Crippen LogP contribution in [0.3, 0.4) is 0 Å². The fourth-order valence-electron chi connectivity index (χ4n) is 4.25. The molecule has 2 aromatic heterocycles. The lowest BCUT2D eigenvalue weighted by Crippen LogP contribution is -2.35. The molecule has 0 spiro atoms. The number of nitrogens with zero attached hydrogens (tertiary/aromatic N) is 3. The fraction of sp³-hybridized carbons (Fsp3) is 0.700. The molecule has 0 saturated heterocycles. The average Bonchev–Trinajstić information content (AvgIpc) is 3.01. The van der Waals surface area contributed by atoms with Gasteiger partial charge in [0.2, 0.25) is 5.88 Å². The highest BCUT2D eigenvalue weighted by Crippen LogP contribution is 2.40. The number of rotatable bonds is 5. The molecular weight excluding hydrogens is 346 g/mol. The van der Waals surface area contributed by atoms with Crippen LogP contribution < -0.4 is 4.74 Å². The van der Waals surface area contributed by atoms with Gasteiger partial charge >= 0.3 is 0 Å².